The predicted octanol–water partition coefficient (Wildman–Crippen LogP) is 4.28. The second-order valence-corrected chi connectivity index (χ2v) is 7.97. The topological polar surface area (TPSA) is 79.0 Å². The molecule has 0 fully saturated rings. The average molecular weight is 355 g/mol. The van der Waals surface area contributed by atoms with Crippen LogP contribution in [-0.4, -0.2) is 15.4 Å². The number of hydrogen-bond acceptors (Lipinski definition) is 6. The van der Waals surface area contributed by atoms with E-state index in [1.54, 1.807) is 0 Å². The summed E-state index contributed by atoms with van der Waals surface area (Å²) in [6.45, 7) is 0. The first-order valence-electron chi connectivity index (χ1n) is 7.46. The Kier molecular flexibility index (Phi) is 5.27. The molecule has 3 rings (SSSR count). The number of carbonyl (C=O) groups is 1. The Bertz CT molecular complexity index is 775. The Labute approximate surface area is 149 Å². The number of nitrogens with two attached hydrogens (primary N) is 1. The maximum absolute atomic E-state index is 12.3. The molecule has 1 unspecified atom stereocenters. The van der Waals surface area contributed by atoms with E-state index in [1.165, 1.54) is 23.5 Å². The third kappa shape index (κ3) is 4.01. The smallest absolute Gasteiger partial charge is 0.164 e. The van der Waals surface area contributed by atoms with Crippen molar-refractivity contribution in [3.8, 4) is 0 Å². The summed E-state index contributed by atoms with van der Waals surface area (Å²) in [6.07, 6.45) is 0.348. The van der Waals surface area contributed by atoms with Gasteiger partial charge in [0.25, 0.3) is 0 Å². The van der Waals surface area contributed by atoms with Crippen molar-refractivity contribution in [1.82, 2.24) is 0 Å². The van der Waals surface area contributed by atoms with Gasteiger partial charge in [-0.1, -0.05) is 72.1 Å². The van der Waals surface area contributed by atoms with Crippen LogP contribution in [0, 0.1) is 5.41 Å². The lowest BCUT2D eigenvalue weighted by Crippen LogP contribution is -2.23. The summed E-state index contributed by atoms with van der Waals surface area (Å²) in [6, 6.07) is 18.9. The molecule has 0 saturated heterocycles. The molecule has 4 nitrogen and oxygen atoms in total. The molecule has 0 radical (unpaired) electrons. The van der Waals surface area contributed by atoms with Gasteiger partial charge in [0.05, 0.1) is 9.61 Å². The van der Waals surface area contributed by atoms with Crippen LogP contribution < -0.4 is 11.1 Å². The van der Waals surface area contributed by atoms with Crippen LogP contribution in [0.5, 0.6) is 0 Å². The first-order valence-corrected chi connectivity index (χ1v) is 9.21. The van der Waals surface area contributed by atoms with Crippen molar-refractivity contribution in [1.29, 1.82) is 5.41 Å². The summed E-state index contributed by atoms with van der Waals surface area (Å²) < 4.78 is -0.0773. The fourth-order valence-corrected chi connectivity index (χ4v) is 4.71. The highest BCUT2D eigenvalue weighted by Crippen LogP contribution is 2.40. The Balaban J connectivity index is 1.68. The second kappa shape index (κ2) is 7.59. The molecular formula is C18H17N3OS2. The van der Waals surface area contributed by atoms with Crippen molar-refractivity contribution >= 4 is 40.0 Å². The minimum atomic E-state index is -0.0773. The predicted molar refractivity (Wildman–Crippen MR) is 103 cm³/mol. The number of hydrogen-bond donors (Lipinski definition) is 3. The van der Waals surface area contributed by atoms with Gasteiger partial charge in [-0.25, -0.2) is 0 Å². The molecule has 122 valence electrons. The Morgan fingerprint density at radius 2 is 1.67 bits per heavy atom. The van der Waals surface area contributed by atoms with Gasteiger partial charge in [-0.15, -0.1) is 0 Å². The maximum Gasteiger partial charge on any atom is 0.164 e. The molecule has 0 spiro atoms. The van der Waals surface area contributed by atoms with E-state index in [9.17, 15) is 4.79 Å². The standard InChI is InChI=1S/C18H17N3OS2/c19-17-16(21-13-9-5-2-6-10-13)18(20)24-15(23-17)11-14(22)12-7-3-1-4-8-12/h1-10,15,19,21H,11,20H2. The van der Waals surface area contributed by atoms with Gasteiger partial charge in [-0.2, -0.15) is 0 Å². The zero-order chi connectivity index (χ0) is 16.9. The number of ketones is 1. The number of Topliss-reactive ketones (excluding diaryl/α,β-unsaturated/α-hetero) is 1. The summed E-state index contributed by atoms with van der Waals surface area (Å²) in [7, 11) is 0. The second-order valence-electron chi connectivity index (χ2n) is 5.22. The van der Waals surface area contributed by atoms with Crippen LogP contribution in [0.15, 0.2) is 71.4 Å². The van der Waals surface area contributed by atoms with Crippen molar-refractivity contribution in [3.63, 3.8) is 0 Å². The minimum absolute atomic E-state index is 0.0701. The first kappa shape index (κ1) is 16.7. The van der Waals surface area contributed by atoms with Gasteiger partial charge >= 0.3 is 0 Å². The fourth-order valence-electron chi connectivity index (χ4n) is 2.29. The number of anilines is 1. The molecule has 1 atom stereocenters. The van der Waals surface area contributed by atoms with Crippen molar-refractivity contribution < 1.29 is 4.79 Å². The van der Waals surface area contributed by atoms with Crippen LogP contribution in [0.3, 0.4) is 0 Å². The van der Waals surface area contributed by atoms with Crippen LogP contribution in [0.4, 0.5) is 5.69 Å². The highest BCUT2D eigenvalue weighted by Gasteiger charge is 2.27. The van der Waals surface area contributed by atoms with Gasteiger partial charge in [-0.3, -0.25) is 10.2 Å². The summed E-state index contributed by atoms with van der Waals surface area (Å²) >= 11 is 2.80. The summed E-state index contributed by atoms with van der Waals surface area (Å²) in [5.41, 5.74) is 8.33. The highest BCUT2D eigenvalue weighted by atomic mass is 32.2. The lowest BCUT2D eigenvalue weighted by atomic mass is 10.1. The monoisotopic (exact) mass is 355 g/mol. The third-order valence-electron chi connectivity index (χ3n) is 3.47. The molecule has 0 aliphatic carbocycles. The van der Waals surface area contributed by atoms with E-state index in [2.05, 4.69) is 5.32 Å². The van der Waals surface area contributed by atoms with Crippen molar-refractivity contribution in [2.45, 2.75) is 11.0 Å². The van der Waals surface area contributed by atoms with Crippen molar-refractivity contribution in [2.75, 3.05) is 5.32 Å². The molecule has 2 aromatic carbocycles. The Hall–Kier alpha value is -2.18. The molecular weight excluding hydrogens is 338 g/mol. The summed E-state index contributed by atoms with van der Waals surface area (Å²) in [4.78, 5) is 12.3. The summed E-state index contributed by atoms with van der Waals surface area (Å²) in [5.74, 6) is 0.0701. The van der Waals surface area contributed by atoms with E-state index in [0.29, 0.717) is 27.8 Å². The molecule has 1 aliphatic heterocycles. The minimum Gasteiger partial charge on any atom is -0.392 e. The SMILES string of the molecule is N=C1SC(CC(=O)c2ccccc2)SC(N)=C1Nc1ccccc1. The highest BCUT2D eigenvalue weighted by molar-refractivity contribution is 8.27. The largest absolute Gasteiger partial charge is 0.392 e. The van der Waals surface area contributed by atoms with Gasteiger partial charge < -0.3 is 11.1 Å². The third-order valence-corrected chi connectivity index (χ3v) is 5.81. The van der Waals surface area contributed by atoms with E-state index in [4.69, 9.17) is 11.1 Å². The van der Waals surface area contributed by atoms with Crippen molar-refractivity contribution in [2.24, 2.45) is 5.73 Å². The quantitative estimate of drug-likeness (QED) is 0.698. The van der Waals surface area contributed by atoms with Crippen LogP contribution in [-0.2, 0) is 0 Å². The number of nitrogens with one attached hydrogen (secondary N) is 2. The average Bonchev–Trinajstić information content (AvgIpc) is 2.60. The normalized spacial score (nSPS) is 17.7. The van der Waals surface area contributed by atoms with Gasteiger partial charge in [-0.05, 0) is 12.1 Å². The number of carbonyl (C=O) groups excluding carboxylic acids is 1. The first-order chi connectivity index (χ1) is 11.6. The lowest BCUT2D eigenvalue weighted by molar-refractivity contribution is 0.0987. The molecule has 0 saturated carbocycles. The number of thioether (sulfide) groups is 2. The fraction of sp³-hybridized carbons (Fsp3) is 0.111. The Morgan fingerprint density at radius 1 is 1.04 bits per heavy atom. The van der Waals surface area contributed by atoms with Crippen molar-refractivity contribution in [3.05, 3.63) is 77.0 Å². The Morgan fingerprint density at radius 3 is 2.29 bits per heavy atom. The molecule has 4 N–H and O–H groups in total. The van der Waals surface area contributed by atoms with Crippen LogP contribution in [0.1, 0.15) is 16.8 Å². The number of para-hydroxylation sites is 1. The molecule has 0 bridgehead atoms. The molecule has 1 heterocycles. The van der Waals surface area contributed by atoms with E-state index in [-0.39, 0.29) is 10.4 Å². The number of rotatable bonds is 5. The van der Waals surface area contributed by atoms with Crippen LogP contribution in [0.2, 0.25) is 0 Å². The van der Waals surface area contributed by atoms with Gasteiger partial charge in [0.15, 0.2) is 5.78 Å². The lowest BCUT2D eigenvalue weighted by Gasteiger charge is -2.25. The molecule has 0 aromatic heterocycles. The van der Waals surface area contributed by atoms with E-state index in [1.807, 2.05) is 60.7 Å². The zero-order valence-corrected chi connectivity index (χ0v) is 14.5. The number of benzene rings is 2. The zero-order valence-electron chi connectivity index (χ0n) is 12.9. The molecule has 1 aliphatic rings. The van der Waals surface area contributed by atoms with Gasteiger partial charge in [0.2, 0.25) is 0 Å². The van der Waals surface area contributed by atoms with E-state index in [0.717, 1.165) is 5.69 Å². The van der Waals surface area contributed by atoms with E-state index < -0.39 is 0 Å². The van der Waals surface area contributed by atoms with E-state index >= 15 is 0 Å². The summed E-state index contributed by atoms with van der Waals surface area (Å²) in [5, 5.41) is 12.3. The van der Waals surface area contributed by atoms with Gasteiger partial charge in [0.1, 0.15) is 10.7 Å². The van der Waals surface area contributed by atoms with Crippen LogP contribution in [0.25, 0.3) is 0 Å². The van der Waals surface area contributed by atoms with Crippen LogP contribution >= 0.6 is 23.5 Å². The molecule has 0 amide bonds. The maximum atomic E-state index is 12.3. The molecule has 2 aromatic rings. The van der Waals surface area contributed by atoms with Gasteiger partial charge in [0, 0.05) is 17.7 Å². The molecule has 6 heteroatoms. The molecule has 24 heavy (non-hydrogen) atoms.